The minimum Gasteiger partial charge on any atom is -0.309 e. The number of H-pyrrole nitrogens is 2. The van der Waals surface area contributed by atoms with E-state index in [0.29, 0.717) is 17.5 Å². The van der Waals surface area contributed by atoms with Gasteiger partial charge >= 0.3 is 5.69 Å². The van der Waals surface area contributed by atoms with Crippen LogP contribution in [0.5, 0.6) is 0 Å². The Kier molecular flexibility index (Phi) is 2.94. The third-order valence-electron chi connectivity index (χ3n) is 3.23. The summed E-state index contributed by atoms with van der Waals surface area (Å²) in [6.45, 7) is 0. The van der Waals surface area contributed by atoms with Crippen LogP contribution in [-0.4, -0.2) is 29.9 Å². The first kappa shape index (κ1) is 11.5. The Morgan fingerprint density at radius 3 is 2.89 bits per heavy atom. The van der Waals surface area contributed by atoms with Crippen molar-refractivity contribution in [1.29, 1.82) is 0 Å². The predicted molar refractivity (Wildman–Crippen MR) is 66.4 cm³/mol. The van der Waals surface area contributed by atoms with Crippen LogP contribution < -0.4 is 5.69 Å². The molecule has 96 valence electrons. The third kappa shape index (κ3) is 2.07. The number of hydrogen-bond acceptors (Lipinski definition) is 5. The van der Waals surface area contributed by atoms with Crippen molar-refractivity contribution in [3.63, 3.8) is 0 Å². The van der Waals surface area contributed by atoms with Gasteiger partial charge in [-0.2, -0.15) is 5.10 Å². The summed E-state index contributed by atoms with van der Waals surface area (Å²) in [6, 6.07) is 0. The lowest BCUT2D eigenvalue weighted by molar-refractivity contribution is 0.390. The molecule has 0 spiro atoms. The number of hydrogen-bond donors (Lipinski definition) is 2. The molecule has 2 N–H and O–H groups in total. The number of rotatable bonds is 4. The van der Waals surface area contributed by atoms with E-state index in [1.54, 1.807) is 0 Å². The number of nitrogens with one attached hydrogen (secondary N) is 2. The molecule has 18 heavy (non-hydrogen) atoms. The van der Waals surface area contributed by atoms with E-state index in [9.17, 15) is 4.79 Å². The topological polar surface area (TPSA) is 92.2 Å². The van der Waals surface area contributed by atoms with Gasteiger partial charge in [-0.25, -0.2) is 9.89 Å². The molecule has 0 atom stereocenters. The van der Waals surface area contributed by atoms with E-state index in [0.717, 1.165) is 11.0 Å². The highest BCUT2D eigenvalue weighted by Gasteiger charge is 2.25. The Morgan fingerprint density at radius 1 is 1.44 bits per heavy atom. The number of aromatic nitrogens is 6. The van der Waals surface area contributed by atoms with Crippen LogP contribution in [0.25, 0.3) is 0 Å². The van der Waals surface area contributed by atoms with Crippen molar-refractivity contribution in [1.82, 2.24) is 29.9 Å². The van der Waals surface area contributed by atoms with E-state index < -0.39 is 0 Å². The highest BCUT2D eigenvalue weighted by Crippen LogP contribution is 2.36. The molecule has 0 saturated heterocycles. The van der Waals surface area contributed by atoms with Crippen molar-refractivity contribution in [3.05, 3.63) is 22.1 Å². The van der Waals surface area contributed by atoms with Crippen molar-refractivity contribution in [2.75, 3.05) is 0 Å². The van der Waals surface area contributed by atoms with Gasteiger partial charge in [-0.15, -0.1) is 10.2 Å². The number of aromatic amines is 2. The molecule has 0 amide bonds. The zero-order valence-electron chi connectivity index (χ0n) is 10.0. The van der Waals surface area contributed by atoms with Gasteiger partial charge in [-0.05, 0) is 12.8 Å². The molecule has 0 unspecified atom stereocenters. The molecule has 0 bridgehead atoms. The molecule has 8 heteroatoms. The first-order valence-corrected chi connectivity index (χ1v) is 6.88. The molecule has 2 aromatic heterocycles. The first-order valence-electron chi connectivity index (χ1n) is 5.89. The summed E-state index contributed by atoms with van der Waals surface area (Å²) >= 11 is 1.52. The summed E-state index contributed by atoms with van der Waals surface area (Å²) in [4.78, 5) is 13.5. The van der Waals surface area contributed by atoms with Gasteiger partial charge in [0.1, 0.15) is 11.6 Å². The van der Waals surface area contributed by atoms with Crippen LogP contribution in [0.15, 0.2) is 9.95 Å². The highest BCUT2D eigenvalue weighted by molar-refractivity contribution is 7.98. The molecular weight excluding hydrogens is 252 g/mol. The van der Waals surface area contributed by atoms with Crippen molar-refractivity contribution in [3.8, 4) is 0 Å². The van der Waals surface area contributed by atoms with Crippen molar-refractivity contribution >= 4 is 11.8 Å². The fourth-order valence-electron chi connectivity index (χ4n) is 1.98. The zero-order valence-corrected chi connectivity index (χ0v) is 10.8. The molecule has 0 aromatic carbocycles. The molecule has 7 nitrogen and oxygen atoms in total. The lowest BCUT2D eigenvalue weighted by Crippen LogP contribution is -2.14. The Morgan fingerprint density at radius 2 is 2.28 bits per heavy atom. The number of thioether (sulfide) groups is 1. The van der Waals surface area contributed by atoms with E-state index in [2.05, 4.69) is 25.4 Å². The lowest BCUT2D eigenvalue weighted by atomic mass is 9.85. The van der Waals surface area contributed by atoms with Crippen LogP contribution in [0.4, 0.5) is 0 Å². The highest BCUT2D eigenvalue weighted by atomic mass is 32.2. The van der Waals surface area contributed by atoms with Gasteiger partial charge in [0.25, 0.3) is 0 Å². The Labute approximate surface area is 107 Å². The quantitative estimate of drug-likeness (QED) is 0.798. The minimum atomic E-state index is -0.279. The summed E-state index contributed by atoms with van der Waals surface area (Å²) in [5.41, 5.74) is -0.279. The second-order valence-electron chi connectivity index (χ2n) is 4.44. The summed E-state index contributed by atoms with van der Waals surface area (Å²) in [6.07, 6.45) is 3.71. The largest absolute Gasteiger partial charge is 0.340 e. The SMILES string of the molecule is Cn1c(SCc2n[nH]c(=O)[nH]2)nnc1C1CCC1. The van der Waals surface area contributed by atoms with E-state index in [4.69, 9.17) is 0 Å². The summed E-state index contributed by atoms with van der Waals surface area (Å²) < 4.78 is 2.04. The van der Waals surface area contributed by atoms with E-state index >= 15 is 0 Å². The minimum absolute atomic E-state index is 0.279. The first-order chi connectivity index (χ1) is 8.74. The van der Waals surface area contributed by atoms with E-state index in [-0.39, 0.29) is 5.69 Å². The van der Waals surface area contributed by atoms with Crippen LogP contribution in [-0.2, 0) is 12.8 Å². The van der Waals surface area contributed by atoms with Gasteiger partial charge in [0.15, 0.2) is 5.16 Å². The predicted octanol–water partition coefficient (Wildman–Crippen LogP) is 0.786. The lowest BCUT2D eigenvalue weighted by Gasteiger charge is -2.23. The van der Waals surface area contributed by atoms with Crippen molar-refractivity contribution < 1.29 is 0 Å². The molecule has 2 aromatic rings. The third-order valence-corrected chi connectivity index (χ3v) is 4.26. The fourth-order valence-corrected chi connectivity index (χ4v) is 2.77. The van der Waals surface area contributed by atoms with E-state index in [1.807, 2.05) is 11.6 Å². The van der Waals surface area contributed by atoms with Crippen LogP contribution >= 0.6 is 11.8 Å². The van der Waals surface area contributed by atoms with Gasteiger partial charge in [0.05, 0.1) is 5.75 Å². The Bertz CT molecular complexity index is 596. The smallest absolute Gasteiger partial charge is 0.309 e. The average molecular weight is 266 g/mol. The maximum atomic E-state index is 10.9. The summed E-state index contributed by atoms with van der Waals surface area (Å²) in [7, 11) is 1.99. The molecule has 1 fully saturated rings. The van der Waals surface area contributed by atoms with Gasteiger partial charge in [-0.3, -0.25) is 4.98 Å². The van der Waals surface area contributed by atoms with Crippen LogP contribution in [0.2, 0.25) is 0 Å². The Balaban J connectivity index is 1.69. The average Bonchev–Trinajstić information content (AvgIpc) is 2.83. The van der Waals surface area contributed by atoms with Crippen molar-refractivity contribution in [2.24, 2.45) is 7.05 Å². The maximum Gasteiger partial charge on any atom is 0.340 e. The zero-order chi connectivity index (χ0) is 12.5. The normalized spacial score (nSPS) is 15.8. The van der Waals surface area contributed by atoms with Crippen LogP contribution in [0.3, 0.4) is 0 Å². The monoisotopic (exact) mass is 266 g/mol. The van der Waals surface area contributed by atoms with E-state index in [1.165, 1.54) is 31.0 Å². The van der Waals surface area contributed by atoms with Gasteiger partial charge < -0.3 is 4.57 Å². The maximum absolute atomic E-state index is 10.9. The molecule has 0 aliphatic heterocycles. The standard InChI is InChI=1S/C10H14N6OS/c1-16-8(6-3-2-4-6)13-15-10(16)18-5-7-11-9(17)14-12-7/h6H,2-5H2,1H3,(H2,11,12,14,17). The fraction of sp³-hybridized carbons (Fsp3) is 0.600. The Hall–Kier alpha value is -1.57. The second kappa shape index (κ2) is 4.60. The molecule has 1 saturated carbocycles. The summed E-state index contributed by atoms with van der Waals surface area (Å²) in [5, 5.41) is 15.5. The number of nitrogens with zero attached hydrogens (tertiary/aromatic N) is 4. The van der Waals surface area contributed by atoms with Gasteiger partial charge in [0.2, 0.25) is 0 Å². The van der Waals surface area contributed by atoms with Crippen LogP contribution in [0.1, 0.15) is 36.8 Å². The van der Waals surface area contributed by atoms with Gasteiger partial charge in [-0.1, -0.05) is 18.2 Å². The molecule has 1 aliphatic carbocycles. The molecule has 3 rings (SSSR count). The molecule has 0 radical (unpaired) electrons. The second-order valence-corrected chi connectivity index (χ2v) is 5.38. The van der Waals surface area contributed by atoms with Crippen LogP contribution in [0, 0.1) is 0 Å². The molecule has 1 aliphatic rings. The van der Waals surface area contributed by atoms with Crippen molar-refractivity contribution in [2.45, 2.75) is 36.1 Å². The molecule has 2 heterocycles. The van der Waals surface area contributed by atoms with Gasteiger partial charge in [0, 0.05) is 13.0 Å². The summed E-state index contributed by atoms with van der Waals surface area (Å²) in [5.74, 6) is 2.84. The molecular formula is C10H14N6OS.